The van der Waals surface area contributed by atoms with Gasteiger partial charge in [-0.3, -0.25) is 0 Å². The molecule has 0 aliphatic carbocycles. The van der Waals surface area contributed by atoms with Crippen LogP contribution in [0.2, 0.25) is 15.2 Å². The molecule has 0 N–H and O–H groups in total. The van der Waals surface area contributed by atoms with Gasteiger partial charge in [-0.2, -0.15) is 13.2 Å². The summed E-state index contributed by atoms with van der Waals surface area (Å²) < 4.78 is 46.8. The normalized spacial score (nSPS) is 19.7. The molecule has 1 unspecified atom stereocenters. The maximum Gasteiger partial charge on any atom is 0.435 e. The Balaban J connectivity index is 1.99. The summed E-state index contributed by atoms with van der Waals surface area (Å²) in [5, 5.41) is 3.87. The lowest BCUT2D eigenvalue weighted by atomic mass is 9.87. The van der Waals surface area contributed by atoms with Gasteiger partial charge >= 0.3 is 6.18 Å². The van der Waals surface area contributed by atoms with Crippen LogP contribution in [0.1, 0.15) is 23.2 Å². The third kappa shape index (κ3) is 3.87. The Bertz CT molecular complexity index is 885. The van der Waals surface area contributed by atoms with Crippen LogP contribution in [0.15, 0.2) is 35.5 Å². The number of pyridine rings is 1. The maximum absolute atomic E-state index is 14.0. The third-order valence-electron chi connectivity index (χ3n) is 4.04. The average Bonchev–Trinajstić information content (AvgIpc) is 3.02. The quantitative estimate of drug-likeness (QED) is 0.568. The molecule has 0 saturated heterocycles. The molecule has 4 nitrogen and oxygen atoms in total. The van der Waals surface area contributed by atoms with Crippen LogP contribution in [0.25, 0.3) is 0 Å². The molecule has 1 aromatic heterocycles. The lowest BCUT2D eigenvalue weighted by molar-refractivity contribution is -0.275. The Hall–Kier alpha value is -1.54. The van der Waals surface area contributed by atoms with Crippen molar-refractivity contribution in [3.63, 3.8) is 0 Å². The Kier molecular flexibility index (Phi) is 5.59. The maximum atomic E-state index is 14.0. The first kappa shape index (κ1) is 20.2. The minimum Gasteiger partial charge on any atom is -0.380 e. The van der Waals surface area contributed by atoms with Crippen LogP contribution < -0.4 is 0 Å². The SMILES string of the molecule is COCc1ccc(C2=NOC(c3cc(Cl)cc(Cl)c3)(C(F)(F)F)C2)nc1Cl. The van der Waals surface area contributed by atoms with Crippen LogP contribution in [0.5, 0.6) is 0 Å². The molecule has 0 bridgehead atoms. The second-order valence-electron chi connectivity index (χ2n) is 5.87. The molecule has 0 fully saturated rings. The van der Waals surface area contributed by atoms with E-state index in [-0.39, 0.29) is 38.8 Å². The molecular weight excluding hydrogens is 428 g/mol. The smallest absolute Gasteiger partial charge is 0.380 e. The summed E-state index contributed by atoms with van der Waals surface area (Å²) in [5.74, 6) is 0. The van der Waals surface area contributed by atoms with Gasteiger partial charge in [0.05, 0.1) is 18.7 Å². The number of oxime groups is 1. The first-order chi connectivity index (χ1) is 12.7. The number of nitrogens with zero attached hydrogens (tertiary/aromatic N) is 2. The zero-order valence-corrected chi connectivity index (χ0v) is 16.0. The summed E-state index contributed by atoms with van der Waals surface area (Å²) in [4.78, 5) is 9.03. The number of benzene rings is 1. The number of hydrogen-bond donors (Lipinski definition) is 0. The summed E-state index contributed by atoms with van der Waals surface area (Å²) in [6.07, 6.45) is -5.37. The highest BCUT2D eigenvalue weighted by Crippen LogP contribution is 2.49. The van der Waals surface area contributed by atoms with E-state index in [4.69, 9.17) is 44.4 Å². The van der Waals surface area contributed by atoms with E-state index in [1.165, 1.54) is 19.2 Å². The minimum atomic E-state index is -4.77. The predicted molar refractivity (Wildman–Crippen MR) is 96.4 cm³/mol. The fraction of sp³-hybridized carbons (Fsp3) is 0.294. The monoisotopic (exact) mass is 438 g/mol. The van der Waals surface area contributed by atoms with Gasteiger partial charge in [-0.25, -0.2) is 4.98 Å². The van der Waals surface area contributed by atoms with Crippen LogP contribution in [0.4, 0.5) is 13.2 Å². The van der Waals surface area contributed by atoms with E-state index in [9.17, 15) is 13.2 Å². The van der Waals surface area contributed by atoms with E-state index in [0.29, 0.717) is 5.56 Å². The average molecular weight is 440 g/mol. The molecule has 1 aromatic carbocycles. The molecule has 0 saturated carbocycles. The Morgan fingerprint density at radius 3 is 2.37 bits per heavy atom. The van der Waals surface area contributed by atoms with Crippen molar-refractivity contribution >= 4 is 40.5 Å². The summed E-state index contributed by atoms with van der Waals surface area (Å²) in [5.41, 5.74) is -2.16. The molecule has 1 atom stereocenters. The number of ether oxygens (including phenoxy) is 1. The topological polar surface area (TPSA) is 43.7 Å². The van der Waals surface area contributed by atoms with Crippen molar-refractivity contribution in [2.45, 2.75) is 24.8 Å². The number of hydrogen-bond acceptors (Lipinski definition) is 4. The molecule has 0 radical (unpaired) electrons. The van der Waals surface area contributed by atoms with Crippen molar-refractivity contribution in [1.82, 2.24) is 4.98 Å². The Labute approximate surface area is 167 Å². The molecule has 2 heterocycles. The van der Waals surface area contributed by atoms with Crippen LogP contribution in [-0.4, -0.2) is 24.0 Å². The number of alkyl halides is 3. The Morgan fingerprint density at radius 1 is 1.15 bits per heavy atom. The number of rotatable bonds is 4. The molecule has 144 valence electrons. The standard InChI is InChI=1S/C17H12Cl3F3N2O2/c1-26-8-9-2-3-13(24-15(9)20)14-7-16(27-25-14,17(21,22)23)10-4-11(18)6-12(19)5-10/h2-6H,7-8H2,1H3. The van der Waals surface area contributed by atoms with Crippen LogP contribution in [-0.2, 0) is 21.8 Å². The molecule has 0 amide bonds. The lowest BCUT2D eigenvalue weighted by Crippen LogP contribution is -2.42. The zero-order chi connectivity index (χ0) is 19.8. The summed E-state index contributed by atoms with van der Waals surface area (Å²) in [6, 6.07) is 6.77. The van der Waals surface area contributed by atoms with Gasteiger partial charge in [-0.05, 0) is 24.3 Å². The van der Waals surface area contributed by atoms with E-state index in [2.05, 4.69) is 10.1 Å². The molecule has 0 spiro atoms. The van der Waals surface area contributed by atoms with Gasteiger partial charge in [0.15, 0.2) is 0 Å². The number of aromatic nitrogens is 1. The van der Waals surface area contributed by atoms with Crippen molar-refractivity contribution in [3.05, 3.63) is 62.4 Å². The summed E-state index contributed by atoms with van der Waals surface area (Å²) >= 11 is 17.8. The van der Waals surface area contributed by atoms with E-state index in [1.54, 1.807) is 6.07 Å². The van der Waals surface area contributed by atoms with Gasteiger partial charge in [0, 0.05) is 28.3 Å². The fourth-order valence-corrected chi connectivity index (χ4v) is 3.45. The van der Waals surface area contributed by atoms with Crippen molar-refractivity contribution in [2.75, 3.05) is 7.11 Å². The van der Waals surface area contributed by atoms with Gasteiger partial charge in [-0.15, -0.1) is 0 Å². The number of methoxy groups -OCH3 is 1. The van der Waals surface area contributed by atoms with Gasteiger partial charge in [0.1, 0.15) is 10.9 Å². The molecule has 1 aliphatic heterocycles. The second kappa shape index (κ2) is 7.47. The highest BCUT2D eigenvalue weighted by atomic mass is 35.5. The van der Waals surface area contributed by atoms with E-state index in [1.807, 2.05) is 0 Å². The highest BCUT2D eigenvalue weighted by Gasteiger charge is 2.62. The van der Waals surface area contributed by atoms with Gasteiger partial charge < -0.3 is 9.57 Å². The van der Waals surface area contributed by atoms with Crippen molar-refractivity contribution < 1.29 is 22.7 Å². The van der Waals surface area contributed by atoms with Gasteiger partial charge in [-0.1, -0.05) is 46.0 Å². The molecule has 10 heteroatoms. The third-order valence-corrected chi connectivity index (χ3v) is 4.80. The molecule has 1 aliphatic rings. The van der Waals surface area contributed by atoms with Crippen molar-refractivity contribution in [1.29, 1.82) is 0 Å². The minimum absolute atomic E-state index is 0.00860. The summed E-state index contributed by atoms with van der Waals surface area (Å²) in [6.45, 7) is 0.225. The second-order valence-corrected chi connectivity index (χ2v) is 7.10. The van der Waals surface area contributed by atoms with E-state index in [0.717, 1.165) is 12.1 Å². The first-order valence-electron chi connectivity index (χ1n) is 7.59. The molecule has 3 rings (SSSR count). The van der Waals surface area contributed by atoms with Crippen LogP contribution in [0, 0.1) is 0 Å². The van der Waals surface area contributed by atoms with Crippen LogP contribution in [0.3, 0.4) is 0 Å². The van der Waals surface area contributed by atoms with Crippen LogP contribution >= 0.6 is 34.8 Å². The van der Waals surface area contributed by atoms with Crippen molar-refractivity contribution in [3.8, 4) is 0 Å². The van der Waals surface area contributed by atoms with E-state index < -0.39 is 18.2 Å². The largest absolute Gasteiger partial charge is 0.435 e. The fourth-order valence-electron chi connectivity index (χ4n) is 2.72. The zero-order valence-electron chi connectivity index (χ0n) is 13.8. The Morgan fingerprint density at radius 2 is 1.81 bits per heavy atom. The molecular formula is C17H12Cl3F3N2O2. The number of halogens is 6. The first-order valence-corrected chi connectivity index (χ1v) is 8.73. The van der Waals surface area contributed by atoms with Gasteiger partial charge in [0.2, 0.25) is 0 Å². The molecule has 27 heavy (non-hydrogen) atoms. The molecule has 2 aromatic rings. The predicted octanol–water partition coefficient (Wildman–Crippen LogP) is 5.77. The van der Waals surface area contributed by atoms with Crippen molar-refractivity contribution in [2.24, 2.45) is 5.16 Å². The van der Waals surface area contributed by atoms with E-state index >= 15 is 0 Å². The highest BCUT2D eigenvalue weighted by molar-refractivity contribution is 6.34. The van der Waals surface area contributed by atoms with Gasteiger partial charge in [0.25, 0.3) is 5.60 Å². The summed E-state index contributed by atoms with van der Waals surface area (Å²) in [7, 11) is 1.49. The lowest BCUT2D eigenvalue weighted by Gasteiger charge is -2.29.